The average molecular weight is 275 g/mol. The number of nitro benzene ring substituents is 1. The maximum absolute atomic E-state index is 10.5. The lowest BCUT2D eigenvalue weighted by Crippen LogP contribution is -1.89. The van der Waals surface area contributed by atoms with Gasteiger partial charge in [-0.2, -0.15) is 0 Å². The summed E-state index contributed by atoms with van der Waals surface area (Å²) in [6, 6.07) is 14.0. The molecule has 0 unspecified atom stereocenters. The van der Waals surface area contributed by atoms with Crippen LogP contribution in [0.25, 0.3) is 0 Å². The molecule has 0 fully saturated rings. The van der Waals surface area contributed by atoms with Gasteiger partial charge in [0.1, 0.15) is 0 Å². The van der Waals surface area contributed by atoms with E-state index >= 15 is 0 Å². The van der Waals surface area contributed by atoms with Crippen molar-refractivity contribution < 1.29 is 10.0 Å². The van der Waals surface area contributed by atoms with Crippen molar-refractivity contribution in [2.45, 2.75) is 22.8 Å². The van der Waals surface area contributed by atoms with E-state index in [4.69, 9.17) is 0 Å². The van der Waals surface area contributed by atoms with Crippen molar-refractivity contribution in [3.05, 3.63) is 64.2 Å². The highest BCUT2D eigenvalue weighted by atomic mass is 32.2. The van der Waals surface area contributed by atoms with E-state index in [0.717, 1.165) is 15.4 Å². The van der Waals surface area contributed by atoms with Gasteiger partial charge in [0, 0.05) is 21.9 Å². The summed E-state index contributed by atoms with van der Waals surface area (Å²) in [5.74, 6) is 0. The molecule has 0 heterocycles. The van der Waals surface area contributed by atoms with Crippen LogP contribution in [0.4, 0.5) is 5.69 Å². The Kier molecular flexibility index (Phi) is 4.19. The molecule has 2 aromatic carbocycles. The molecule has 2 aromatic rings. The topological polar surface area (TPSA) is 63.4 Å². The fourth-order valence-electron chi connectivity index (χ4n) is 1.59. The number of nitrogens with zero attached hydrogens (tertiary/aromatic N) is 1. The molecule has 5 heteroatoms. The van der Waals surface area contributed by atoms with Crippen molar-refractivity contribution in [1.29, 1.82) is 0 Å². The van der Waals surface area contributed by atoms with Crippen LogP contribution in [0.3, 0.4) is 0 Å². The highest BCUT2D eigenvalue weighted by molar-refractivity contribution is 7.99. The van der Waals surface area contributed by atoms with Crippen molar-refractivity contribution in [3.63, 3.8) is 0 Å². The van der Waals surface area contributed by atoms with Crippen molar-refractivity contribution >= 4 is 17.4 Å². The maximum atomic E-state index is 10.5. The predicted octanol–water partition coefficient (Wildman–Crippen LogP) is 3.80. The summed E-state index contributed by atoms with van der Waals surface area (Å²) in [5, 5.41) is 20.0. The standard InChI is InChI=1S/C14H13NO3S/c1-10(16)11-2-6-13(7-3-11)19-14-8-4-12(5-9-14)15(17)18/h2-10,16H,1H3/t10-/m1/s1. The second-order valence-corrected chi connectivity index (χ2v) is 5.25. The van der Waals surface area contributed by atoms with Crippen LogP contribution in [0, 0.1) is 10.1 Å². The Morgan fingerprint density at radius 2 is 1.53 bits per heavy atom. The molecule has 0 amide bonds. The first-order valence-electron chi connectivity index (χ1n) is 5.76. The van der Waals surface area contributed by atoms with E-state index in [1.54, 1.807) is 19.1 Å². The number of nitro groups is 1. The van der Waals surface area contributed by atoms with Gasteiger partial charge in [-0.05, 0) is 36.8 Å². The second kappa shape index (κ2) is 5.86. The van der Waals surface area contributed by atoms with Gasteiger partial charge < -0.3 is 5.11 Å². The lowest BCUT2D eigenvalue weighted by atomic mass is 10.1. The Bertz CT molecular complexity index is 564. The molecule has 0 saturated heterocycles. The van der Waals surface area contributed by atoms with Gasteiger partial charge in [0.05, 0.1) is 11.0 Å². The zero-order valence-corrected chi connectivity index (χ0v) is 11.1. The number of benzene rings is 2. The lowest BCUT2D eigenvalue weighted by molar-refractivity contribution is -0.384. The monoisotopic (exact) mass is 275 g/mol. The molecule has 19 heavy (non-hydrogen) atoms. The van der Waals surface area contributed by atoms with Crippen molar-refractivity contribution in [2.24, 2.45) is 0 Å². The molecule has 4 nitrogen and oxygen atoms in total. The van der Waals surface area contributed by atoms with Crippen molar-refractivity contribution in [2.75, 3.05) is 0 Å². The van der Waals surface area contributed by atoms with Crippen LogP contribution in [0.5, 0.6) is 0 Å². The molecule has 0 aliphatic rings. The smallest absolute Gasteiger partial charge is 0.269 e. The zero-order chi connectivity index (χ0) is 13.8. The van der Waals surface area contributed by atoms with Gasteiger partial charge in [0.15, 0.2) is 0 Å². The fraction of sp³-hybridized carbons (Fsp3) is 0.143. The predicted molar refractivity (Wildman–Crippen MR) is 74.3 cm³/mol. The quantitative estimate of drug-likeness (QED) is 0.681. The molecule has 0 aromatic heterocycles. The third-order valence-corrected chi connectivity index (χ3v) is 3.66. The van der Waals surface area contributed by atoms with Crippen LogP contribution in [0.2, 0.25) is 0 Å². The van der Waals surface area contributed by atoms with Crippen LogP contribution < -0.4 is 0 Å². The number of aliphatic hydroxyl groups excluding tert-OH is 1. The van der Waals surface area contributed by atoms with Crippen LogP contribution in [0.1, 0.15) is 18.6 Å². The molecule has 1 atom stereocenters. The molecule has 2 rings (SSSR count). The van der Waals surface area contributed by atoms with E-state index < -0.39 is 11.0 Å². The summed E-state index contributed by atoms with van der Waals surface area (Å²) >= 11 is 1.52. The Morgan fingerprint density at radius 3 is 1.95 bits per heavy atom. The molecule has 0 saturated carbocycles. The van der Waals surface area contributed by atoms with Gasteiger partial charge in [-0.3, -0.25) is 10.1 Å². The van der Waals surface area contributed by atoms with Gasteiger partial charge in [-0.25, -0.2) is 0 Å². The summed E-state index contributed by atoms with van der Waals surface area (Å²) < 4.78 is 0. The Hall–Kier alpha value is -1.85. The van der Waals surface area contributed by atoms with Gasteiger partial charge in [-0.15, -0.1) is 0 Å². The fourth-order valence-corrected chi connectivity index (χ4v) is 2.40. The number of non-ortho nitro benzene ring substituents is 1. The molecule has 0 spiro atoms. The highest BCUT2D eigenvalue weighted by Crippen LogP contribution is 2.29. The van der Waals surface area contributed by atoms with E-state index in [-0.39, 0.29) is 5.69 Å². The minimum Gasteiger partial charge on any atom is -0.389 e. The normalized spacial score (nSPS) is 12.1. The number of hydrogen-bond donors (Lipinski definition) is 1. The van der Waals surface area contributed by atoms with Gasteiger partial charge in [-0.1, -0.05) is 23.9 Å². The van der Waals surface area contributed by atoms with Gasteiger partial charge in [0.2, 0.25) is 0 Å². The van der Waals surface area contributed by atoms with Crippen LogP contribution in [-0.2, 0) is 0 Å². The number of rotatable bonds is 4. The summed E-state index contributed by atoms with van der Waals surface area (Å²) in [4.78, 5) is 12.1. The van der Waals surface area contributed by atoms with Gasteiger partial charge >= 0.3 is 0 Å². The van der Waals surface area contributed by atoms with Crippen molar-refractivity contribution in [1.82, 2.24) is 0 Å². The molecule has 0 aliphatic carbocycles. The molecule has 98 valence electrons. The van der Waals surface area contributed by atoms with E-state index in [0.29, 0.717) is 0 Å². The Morgan fingerprint density at radius 1 is 1.05 bits per heavy atom. The summed E-state index contributed by atoms with van der Waals surface area (Å²) in [7, 11) is 0. The minimum atomic E-state index is -0.474. The zero-order valence-electron chi connectivity index (χ0n) is 10.3. The minimum absolute atomic E-state index is 0.0915. The molecular weight excluding hydrogens is 262 g/mol. The lowest BCUT2D eigenvalue weighted by Gasteiger charge is -2.06. The molecule has 1 N–H and O–H groups in total. The number of hydrogen-bond acceptors (Lipinski definition) is 4. The molecular formula is C14H13NO3S. The second-order valence-electron chi connectivity index (χ2n) is 4.10. The van der Waals surface area contributed by atoms with Crippen molar-refractivity contribution in [3.8, 4) is 0 Å². The Balaban J connectivity index is 2.10. The first-order valence-corrected chi connectivity index (χ1v) is 6.58. The number of aliphatic hydroxyl groups is 1. The maximum Gasteiger partial charge on any atom is 0.269 e. The van der Waals surface area contributed by atoms with Gasteiger partial charge in [0.25, 0.3) is 5.69 Å². The molecule has 0 aliphatic heterocycles. The van der Waals surface area contributed by atoms with E-state index in [1.807, 2.05) is 24.3 Å². The SMILES string of the molecule is C[C@@H](O)c1ccc(Sc2ccc([N+](=O)[O-])cc2)cc1. The van der Waals surface area contributed by atoms with Crippen LogP contribution in [0.15, 0.2) is 58.3 Å². The average Bonchev–Trinajstić information content (AvgIpc) is 2.40. The van der Waals surface area contributed by atoms with Crippen LogP contribution >= 0.6 is 11.8 Å². The highest BCUT2D eigenvalue weighted by Gasteiger charge is 2.05. The van der Waals surface area contributed by atoms with E-state index in [1.165, 1.54) is 23.9 Å². The third-order valence-electron chi connectivity index (χ3n) is 2.65. The Labute approximate surface area is 115 Å². The van der Waals surface area contributed by atoms with E-state index in [9.17, 15) is 15.2 Å². The van der Waals surface area contributed by atoms with E-state index in [2.05, 4.69) is 0 Å². The summed E-state index contributed by atoms with van der Waals surface area (Å²) in [6.07, 6.45) is -0.474. The third kappa shape index (κ3) is 3.56. The first kappa shape index (κ1) is 13.6. The van der Waals surface area contributed by atoms with Crippen LogP contribution in [-0.4, -0.2) is 10.0 Å². The first-order chi connectivity index (χ1) is 9.06. The molecule has 0 bridgehead atoms. The summed E-state index contributed by atoms with van der Waals surface area (Å²) in [5.41, 5.74) is 0.960. The summed E-state index contributed by atoms with van der Waals surface area (Å²) in [6.45, 7) is 1.72. The largest absolute Gasteiger partial charge is 0.389 e. The molecule has 0 radical (unpaired) electrons.